The zero-order chi connectivity index (χ0) is 10.8. The summed E-state index contributed by atoms with van der Waals surface area (Å²) < 4.78 is 4.98. The molecule has 0 heterocycles. The minimum Gasteiger partial charge on any atom is -0.446 e. The van der Waals surface area contributed by atoms with Gasteiger partial charge in [0.1, 0.15) is 0 Å². The van der Waals surface area contributed by atoms with Crippen LogP contribution in [0.25, 0.3) is 0 Å². The first kappa shape index (κ1) is 12.5. The first-order valence-corrected chi connectivity index (χ1v) is 4.66. The van der Waals surface area contributed by atoms with Crippen LogP contribution in [0.2, 0.25) is 0 Å². The van der Waals surface area contributed by atoms with Crippen LogP contribution in [-0.2, 0) is 9.53 Å². The normalized spacial score (nSPS) is 10.6. The Balaban J connectivity index is 4.15. The highest BCUT2D eigenvalue weighted by molar-refractivity contribution is 5.81. The number of carbonyl (C=O) groups is 1. The second kappa shape index (κ2) is 8.12. The van der Waals surface area contributed by atoms with Crippen molar-refractivity contribution in [3.05, 3.63) is 25.3 Å². The smallest absolute Gasteiger partial charge is 0.331 e. The van der Waals surface area contributed by atoms with E-state index in [1.807, 2.05) is 6.92 Å². The van der Waals surface area contributed by atoms with Crippen molar-refractivity contribution in [3.8, 4) is 11.8 Å². The number of unbranched alkanes of at least 4 members (excludes halogenated alkanes) is 1. The molecule has 0 amide bonds. The summed E-state index contributed by atoms with van der Waals surface area (Å²) in [7, 11) is 0. The Morgan fingerprint density at radius 2 is 2.29 bits per heavy atom. The van der Waals surface area contributed by atoms with Gasteiger partial charge in [-0.25, -0.2) is 4.79 Å². The highest BCUT2D eigenvalue weighted by atomic mass is 16.5. The molecule has 0 unspecified atom stereocenters. The van der Waals surface area contributed by atoms with Gasteiger partial charge < -0.3 is 4.74 Å². The average molecular weight is 192 g/mol. The number of carbonyl (C=O) groups excluding carboxylic acids is 1. The zero-order valence-electron chi connectivity index (χ0n) is 8.58. The van der Waals surface area contributed by atoms with E-state index in [1.54, 1.807) is 6.08 Å². The quantitative estimate of drug-likeness (QED) is 0.289. The van der Waals surface area contributed by atoms with E-state index in [0.717, 1.165) is 18.9 Å². The van der Waals surface area contributed by atoms with Crippen molar-refractivity contribution in [1.29, 1.82) is 0 Å². The summed E-state index contributed by atoms with van der Waals surface area (Å²) in [5, 5.41) is 0. The highest BCUT2D eigenvalue weighted by Crippen LogP contribution is 1.99. The third-order valence-electron chi connectivity index (χ3n) is 1.44. The summed E-state index contributed by atoms with van der Waals surface area (Å²) in [4.78, 5) is 10.9. The van der Waals surface area contributed by atoms with Crippen molar-refractivity contribution in [1.82, 2.24) is 0 Å². The Kier molecular flexibility index (Phi) is 7.26. The van der Waals surface area contributed by atoms with Gasteiger partial charge in [0.2, 0.25) is 0 Å². The predicted octanol–water partition coefficient (Wildman–Crippen LogP) is 2.46. The van der Waals surface area contributed by atoms with E-state index < -0.39 is 5.97 Å². The van der Waals surface area contributed by atoms with Crippen LogP contribution in [0.1, 0.15) is 26.2 Å². The monoisotopic (exact) mass is 192 g/mol. The van der Waals surface area contributed by atoms with Gasteiger partial charge in [-0.2, -0.15) is 0 Å². The molecule has 0 aliphatic rings. The summed E-state index contributed by atoms with van der Waals surface area (Å²) in [6.45, 7) is 8.95. The summed E-state index contributed by atoms with van der Waals surface area (Å²) in [6, 6.07) is 0. The van der Waals surface area contributed by atoms with Gasteiger partial charge in [-0.15, -0.1) is 6.58 Å². The van der Waals surface area contributed by atoms with Gasteiger partial charge in [0.05, 0.1) is 0 Å². The van der Waals surface area contributed by atoms with Crippen LogP contribution in [0, 0.1) is 11.8 Å². The summed E-state index contributed by atoms with van der Waals surface area (Å²) in [6.07, 6.45) is 4.81. The van der Waals surface area contributed by atoms with E-state index in [-0.39, 0.29) is 6.10 Å². The first-order valence-electron chi connectivity index (χ1n) is 4.66. The van der Waals surface area contributed by atoms with Crippen molar-refractivity contribution in [2.24, 2.45) is 0 Å². The molecule has 0 aromatic rings. The standard InChI is InChI=1S/C12H16O2/c1-4-7-8-10-11(9-5-2)14-12(13)6-3/h5-6,11H,2-4,7,9H2,1H3/t11-/m1/s1. The fraction of sp³-hybridized carbons (Fsp3) is 0.417. The van der Waals surface area contributed by atoms with Gasteiger partial charge in [0.15, 0.2) is 6.10 Å². The van der Waals surface area contributed by atoms with Crippen LogP contribution >= 0.6 is 0 Å². The molecule has 0 saturated carbocycles. The van der Waals surface area contributed by atoms with Crippen molar-refractivity contribution in [3.63, 3.8) is 0 Å². The molecule has 0 spiro atoms. The molecule has 0 radical (unpaired) electrons. The van der Waals surface area contributed by atoms with Crippen LogP contribution in [0.5, 0.6) is 0 Å². The van der Waals surface area contributed by atoms with Crippen LogP contribution in [0.15, 0.2) is 25.3 Å². The maximum atomic E-state index is 10.9. The largest absolute Gasteiger partial charge is 0.446 e. The van der Waals surface area contributed by atoms with E-state index >= 15 is 0 Å². The molecular formula is C12H16O2. The highest BCUT2D eigenvalue weighted by Gasteiger charge is 2.06. The second-order valence-electron chi connectivity index (χ2n) is 2.73. The Morgan fingerprint density at radius 1 is 1.57 bits per heavy atom. The Hall–Kier alpha value is -1.49. The molecule has 1 atom stereocenters. The Morgan fingerprint density at radius 3 is 2.79 bits per heavy atom. The third-order valence-corrected chi connectivity index (χ3v) is 1.44. The molecule has 0 fully saturated rings. The van der Waals surface area contributed by atoms with Crippen molar-refractivity contribution >= 4 is 5.97 Å². The van der Waals surface area contributed by atoms with Crippen molar-refractivity contribution < 1.29 is 9.53 Å². The third kappa shape index (κ3) is 6.07. The molecule has 14 heavy (non-hydrogen) atoms. The number of hydrogen-bond acceptors (Lipinski definition) is 2. The van der Waals surface area contributed by atoms with E-state index in [2.05, 4.69) is 25.0 Å². The molecule has 76 valence electrons. The number of ether oxygens (including phenoxy) is 1. The molecule has 0 bridgehead atoms. The molecule has 2 heteroatoms. The molecule has 0 aromatic heterocycles. The minimum atomic E-state index is -0.442. The molecule has 2 nitrogen and oxygen atoms in total. The van der Waals surface area contributed by atoms with E-state index in [9.17, 15) is 4.79 Å². The van der Waals surface area contributed by atoms with Crippen molar-refractivity contribution in [2.45, 2.75) is 32.3 Å². The average Bonchev–Trinajstić information content (AvgIpc) is 2.18. The van der Waals surface area contributed by atoms with Crippen LogP contribution in [-0.4, -0.2) is 12.1 Å². The molecule has 0 aliphatic heterocycles. The topological polar surface area (TPSA) is 26.3 Å². The number of rotatable bonds is 5. The molecule has 0 N–H and O–H groups in total. The lowest BCUT2D eigenvalue weighted by molar-refractivity contribution is -0.140. The molecule has 0 saturated heterocycles. The van der Waals surface area contributed by atoms with E-state index in [0.29, 0.717) is 6.42 Å². The Bertz CT molecular complexity index is 255. The fourth-order valence-corrected chi connectivity index (χ4v) is 0.787. The summed E-state index contributed by atoms with van der Waals surface area (Å²) in [5.41, 5.74) is 0. The van der Waals surface area contributed by atoms with Gasteiger partial charge in [0, 0.05) is 18.9 Å². The van der Waals surface area contributed by atoms with Crippen LogP contribution in [0.4, 0.5) is 0 Å². The van der Waals surface area contributed by atoms with E-state index in [4.69, 9.17) is 4.74 Å². The minimum absolute atomic E-state index is 0.385. The van der Waals surface area contributed by atoms with Crippen LogP contribution < -0.4 is 0 Å². The molecular weight excluding hydrogens is 176 g/mol. The molecule has 0 rings (SSSR count). The zero-order valence-corrected chi connectivity index (χ0v) is 8.58. The first-order chi connectivity index (χ1) is 6.74. The Labute approximate surface area is 85.6 Å². The molecule has 0 aromatic carbocycles. The maximum Gasteiger partial charge on any atom is 0.331 e. The second-order valence-corrected chi connectivity index (χ2v) is 2.73. The number of esters is 1. The summed E-state index contributed by atoms with van der Waals surface area (Å²) >= 11 is 0. The lowest BCUT2D eigenvalue weighted by atomic mass is 10.2. The fourth-order valence-electron chi connectivity index (χ4n) is 0.787. The maximum absolute atomic E-state index is 10.9. The molecule has 0 aliphatic carbocycles. The van der Waals surface area contributed by atoms with E-state index in [1.165, 1.54) is 0 Å². The predicted molar refractivity (Wildman–Crippen MR) is 57.6 cm³/mol. The summed E-state index contributed by atoms with van der Waals surface area (Å²) in [5.74, 6) is 5.37. The van der Waals surface area contributed by atoms with Gasteiger partial charge in [-0.1, -0.05) is 31.4 Å². The lowest BCUT2D eigenvalue weighted by Gasteiger charge is -2.07. The lowest BCUT2D eigenvalue weighted by Crippen LogP contribution is -2.13. The van der Waals surface area contributed by atoms with Crippen LogP contribution in [0.3, 0.4) is 0 Å². The SMILES string of the molecule is C=CC[C@H](C#CCCC)OC(=O)C=C. The van der Waals surface area contributed by atoms with Gasteiger partial charge >= 0.3 is 5.97 Å². The van der Waals surface area contributed by atoms with Crippen molar-refractivity contribution in [2.75, 3.05) is 0 Å². The van der Waals surface area contributed by atoms with Gasteiger partial charge in [0.25, 0.3) is 0 Å². The van der Waals surface area contributed by atoms with Gasteiger partial charge in [-0.05, 0) is 6.42 Å². The van der Waals surface area contributed by atoms with Gasteiger partial charge in [-0.3, -0.25) is 0 Å². The number of hydrogen-bond donors (Lipinski definition) is 0.